The maximum atomic E-state index is 12.8. The van der Waals surface area contributed by atoms with Crippen LogP contribution in [-0.2, 0) is 0 Å². The van der Waals surface area contributed by atoms with Crippen LogP contribution in [-0.4, -0.2) is 9.97 Å². The first-order valence-corrected chi connectivity index (χ1v) is 3.98. The summed E-state index contributed by atoms with van der Waals surface area (Å²) in [6.45, 7) is 0. The Labute approximate surface area is 79.3 Å². The van der Waals surface area contributed by atoms with Crippen molar-refractivity contribution in [3.8, 4) is 11.3 Å². The van der Waals surface area contributed by atoms with E-state index in [1.54, 1.807) is 0 Å². The first kappa shape index (κ1) is 8.74. The van der Waals surface area contributed by atoms with E-state index < -0.39 is 11.6 Å². The van der Waals surface area contributed by atoms with Crippen molar-refractivity contribution < 1.29 is 8.78 Å². The molecule has 14 heavy (non-hydrogen) atoms. The number of benzene rings is 1. The number of halogens is 2. The molecule has 0 spiro atoms. The van der Waals surface area contributed by atoms with Crippen molar-refractivity contribution in [1.29, 1.82) is 0 Å². The van der Waals surface area contributed by atoms with E-state index in [0.717, 1.165) is 6.07 Å². The molecule has 0 atom stereocenters. The lowest BCUT2D eigenvalue weighted by atomic mass is 10.1. The molecule has 0 aliphatic rings. The molecule has 0 aliphatic carbocycles. The van der Waals surface area contributed by atoms with Crippen LogP contribution in [0.15, 0.2) is 36.8 Å². The van der Waals surface area contributed by atoms with Crippen LogP contribution in [0.1, 0.15) is 0 Å². The molecule has 1 aromatic heterocycles. The first-order valence-electron chi connectivity index (χ1n) is 3.98. The molecule has 0 fully saturated rings. The van der Waals surface area contributed by atoms with E-state index in [1.807, 2.05) is 0 Å². The maximum Gasteiger partial charge on any atom is 0.126 e. The lowest BCUT2D eigenvalue weighted by Gasteiger charge is -1.99. The molecule has 2 rings (SSSR count). The zero-order chi connectivity index (χ0) is 9.97. The summed E-state index contributed by atoms with van der Waals surface area (Å²) in [5.41, 5.74) is 0.835. The summed E-state index contributed by atoms with van der Waals surface area (Å²) in [4.78, 5) is 7.75. The van der Waals surface area contributed by atoms with E-state index in [1.165, 1.54) is 30.7 Å². The summed E-state index contributed by atoms with van der Waals surface area (Å²) >= 11 is 0. The molecule has 0 radical (unpaired) electrons. The van der Waals surface area contributed by atoms with Gasteiger partial charge in [0.1, 0.15) is 11.6 Å². The van der Waals surface area contributed by atoms with Gasteiger partial charge in [-0.1, -0.05) is 0 Å². The fraction of sp³-hybridized carbons (Fsp3) is 0. The second-order valence-electron chi connectivity index (χ2n) is 2.75. The predicted molar refractivity (Wildman–Crippen MR) is 47.4 cm³/mol. The third kappa shape index (κ3) is 1.74. The summed E-state index contributed by atoms with van der Waals surface area (Å²) in [5, 5.41) is 0. The van der Waals surface area contributed by atoms with E-state index in [9.17, 15) is 8.78 Å². The molecule has 4 heteroatoms. The second kappa shape index (κ2) is 3.49. The Morgan fingerprint density at radius 2 is 1.64 bits per heavy atom. The number of aromatic nitrogens is 2. The van der Waals surface area contributed by atoms with E-state index >= 15 is 0 Å². The zero-order valence-electron chi connectivity index (χ0n) is 7.11. The van der Waals surface area contributed by atoms with Gasteiger partial charge in [0.2, 0.25) is 0 Å². The number of hydrogen-bond donors (Lipinski definition) is 0. The minimum absolute atomic E-state index is 0.385. The Morgan fingerprint density at radius 3 is 2.21 bits per heavy atom. The van der Waals surface area contributed by atoms with Crippen molar-refractivity contribution in [2.45, 2.75) is 0 Å². The molecule has 0 saturated carbocycles. The van der Waals surface area contributed by atoms with Gasteiger partial charge in [-0.15, -0.1) is 0 Å². The number of nitrogens with zero attached hydrogens (tertiary/aromatic N) is 2. The Hall–Kier alpha value is -1.84. The molecule has 2 aromatic rings. The lowest BCUT2D eigenvalue weighted by molar-refractivity contribution is 0.584. The SMILES string of the molecule is Fc1cc(F)cc(-c2cnccn2)c1. The highest BCUT2D eigenvalue weighted by Gasteiger charge is 2.03. The Balaban J connectivity index is 2.52. The quantitative estimate of drug-likeness (QED) is 0.693. The molecular formula is C10H6F2N2. The smallest absolute Gasteiger partial charge is 0.126 e. The predicted octanol–water partition coefficient (Wildman–Crippen LogP) is 2.42. The van der Waals surface area contributed by atoms with Gasteiger partial charge in [0.15, 0.2) is 0 Å². The average Bonchev–Trinajstić information content (AvgIpc) is 2.18. The van der Waals surface area contributed by atoms with Crippen LogP contribution in [0.3, 0.4) is 0 Å². The Morgan fingerprint density at radius 1 is 0.929 bits per heavy atom. The summed E-state index contributed by atoms with van der Waals surface area (Å²) in [7, 11) is 0. The molecule has 1 heterocycles. The van der Waals surface area contributed by atoms with Crippen molar-refractivity contribution in [2.24, 2.45) is 0 Å². The highest BCUT2D eigenvalue weighted by atomic mass is 19.1. The van der Waals surface area contributed by atoms with Crippen LogP contribution in [0.2, 0.25) is 0 Å². The van der Waals surface area contributed by atoms with Gasteiger partial charge in [-0.05, 0) is 12.1 Å². The van der Waals surface area contributed by atoms with Crippen molar-refractivity contribution in [1.82, 2.24) is 9.97 Å². The molecule has 0 bridgehead atoms. The van der Waals surface area contributed by atoms with Gasteiger partial charge < -0.3 is 0 Å². The summed E-state index contributed by atoms with van der Waals surface area (Å²) in [6.07, 6.45) is 4.42. The van der Waals surface area contributed by atoms with Crippen LogP contribution in [0, 0.1) is 11.6 Å². The van der Waals surface area contributed by atoms with Gasteiger partial charge in [0.25, 0.3) is 0 Å². The van der Waals surface area contributed by atoms with Crippen molar-refractivity contribution in [3.05, 3.63) is 48.4 Å². The van der Waals surface area contributed by atoms with Crippen LogP contribution in [0.4, 0.5) is 8.78 Å². The minimum Gasteiger partial charge on any atom is -0.261 e. The van der Waals surface area contributed by atoms with Gasteiger partial charge in [-0.25, -0.2) is 8.78 Å². The standard InChI is InChI=1S/C10H6F2N2/c11-8-3-7(4-9(12)5-8)10-6-13-1-2-14-10/h1-6H. The summed E-state index contributed by atoms with van der Waals surface area (Å²) in [6, 6.07) is 3.25. The molecule has 2 nitrogen and oxygen atoms in total. The third-order valence-electron chi connectivity index (χ3n) is 1.72. The van der Waals surface area contributed by atoms with Gasteiger partial charge in [0, 0.05) is 24.0 Å². The molecule has 0 unspecified atom stereocenters. The minimum atomic E-state index is -0.620. The van der Waals surface area contributed by atoms with Crippen LogP contribution < -0.4 is 0 Å². The van der Waals surface area contributed by atoms with E-state index in [0.29, 0.717) is 11.3 Å². The van der Waals surface area contributed by atoms with Gasteiger partial charge in [-0.2, -0.15) is 0 Å². The third-order valence-corrected chi connectivity index (χ3v) is 1.72. The fourth-order valence-corrected chi connectivity index (χ4v) is 1.15. The van der Waals surface area contributed by atoms with Gasteiger partial charge in [0.05, 0.1) is 11.9 Å². The van der Waals surface area contributed by atoms with E-state index in [-0.39, 0.29) is 0 Å². The molecule has 0 amide bonds. The van der Waals surface area contributed by atoms with E-state index in [2.05, 4.69) is 9.97 Å². The normalized spacial score (nSPS) is 10.1. The van der Waals surface area contributed by atoms with Crippen LogP contribution in [0.25, 0.3) is 11.3 Å². The highest BCUT2D eigenvalue weighted by Crippen LogP contribution is 2.18. The van der Waals surface area contributed by atoms with E-state index in [4.69, 9.17) is 0 Å². The van der Waals surface area contributed by atoms with Crippen molar-refractivity contribution in [2.75, 3.05) is 0 Å². The topological polar surface area (TPSA) is 25.8 Å². The fourth-order valence-electron chi connectivity index (χ4n) is 1.15. The van der Waals surface area contributed by atoms with Crippen molar-refractivity contribution >= 4 is 0 Å². The van der Waals surface area contributed by atoms with Crippen LogP contribution in [0.5, 0.6) is 0 Å². The number of rotatable bonds is 1. The van der Waals surface area contributed by atoms with Crippen LogP contribution >= 0.6 is 0 Å². The maximum absolute atomic E-state index is 12.8. The monoisotopic (exact) mass is 192 g/mol. The lowest BCUT2D eigenvalue weighted by Crippen LogP contribution is -1.87. The Bertz CT molecular complexity index is 423. The molecule has 70 valence electrons. The van der Waals surface area contributed by atoms with Gasteiger partial charge in [-0.3, -0.25) is 9.97 Å². The summed E-state index contributed by atoms with van der Waals surface area (Å²) < 4.78 is 25.7. The Kier molecular flexibility index (Phi) is 2.18. The average molecular weight is 192 g/mol. The molecule has 1 aromatic carbocycles. The summed E-state index contributed by atoms with van der Waals surface area (Å²) in [5.74, 6) is -1.24. The first-order chi connectivity index (χ1) is 6.75. The molecular weight excluding hydrogens is 186 g/mol. The molecule has 0 N–H and O–H groups in total. The van der Waals surface area contributed by atoms with Gasteiger partial charge >= 0.3 is 0 Å². The molecule has 0 aliphatic heterocycles. The highest BCUT2D eigenvalue weighted by molar-refractivity contribution is 5.57. The number of hydrogen-bond acceptors (Lipinski definition) is 2. The second-order valence-corrected chi connectivity index (χ2v) is 2.75. The molecule has 0 saturated heterocycles. The van der Waals surface area contributed by atoms with Crippen molar-refractivity contribution in [3.63, 3.8) is 0 Å². The zero-order valence-corrected chi connectivity index (χ0v) is 7.11. The largest absolute Gasteiger partial charge is 0.261 e.